The van der Waals surface area contributed by atoms with Crippen molar-refractivity contribution in [3.63, 3.8) is 0 Å². The molecule has 2 aromatic carbocycles. The predicted molar refractivity (Wildman–Crippen MR) is 75.5 cm³/mol. The zero-order chi connectivity index (χ0) is 15.4. The molecule has 2 rings (SSSR count). The van der Waals surface area contributed by atoms with Crippen LogP contribution in [-0.4, -0.2) is 9.85 Å². The lowest BCUT2D eigenvalue weighted by atomic mass is 10.1. The van der Waals surface area contributed by atoms with Gasteiger partial charge in [-0.2, -0.15) is 0 Å². The molecule has 0 unspecified atom stereocenters. The van der Waals surface area contributed by atoms with E-state index in [4.69, 9.17) is 16.3 Å². The fraction of sp³-hybridized carbons (Fsp3) is 0.0769. The highest BCUT2D eigenvalue weighted by molar-refractivity contribution is 6.30. The van der Waals surface area contributed by atoms with Crippen LogP contribution in [-0.2, 0) is 6.61 Å². The largest absolute Gasteiger partial charge is 0.489 e. The standard InChI is InChI=1S/C13H9ClN2O5/c14-10-2-1-3-12(6-10)21-8-9-4-5-11(15(17)18)7-13(9)16(19)20/h1-7H,8H2. The van der Waals surface area contributed by atoms with Gasteiger partial charge < -0.3 is 4.74 Å². The first-order chi connectivity index (χ1) is 9.97. The van der Waals surface area contributed by atoms with Crippen molar-refractivity contribution >= 4 is 23.0 Å². The Morgan fingerprint density at radius 2 is 1.81 bits per heavy atom. The number of nitro benzene ring substituents is 2. The van der Waals surface area contributed by atoms with Crippen molar-refractivity contribution in [2.24, 2.45) is 0 Å². The second-order valence-electron chi connectivity index (χ2n) is 4.07. The third-order valence-corrected chi connectivity index (χ3v) is 2.90. The highest BCUT2D eigenvalue weighted by Gasteiger charge is 2.19. The number of hydrogen-bond donors (Lipinski definition) is 0. The molecule has 0 aliphatic heterocycles. The molecule has 0 bridgehead atoms. The molecule has 0 heterocycles. The molecule has 0 N–H and O–H groups in total. The average molecular weight is 309 g/mol. The molecular formula is C13H9ClN2O5. The number of nitrogens with zero attached hydrogens (tertiary/aromatic N) is 2. The summed E-state index contributed by atoms with van der Waals surface area (Å²) in [5.74, 6) is 0.454. The quantitative estimate of drug-likeness (QED) is 0.619. The molecule has 8 heteroatoms. The van der Waals surface area contributed by atoms with E-state index in [-0.39, 0.29) is 23.5 Å². The fourth-order valence-corrected chi connectivity index (χ4v) is 1.86. The van der Waals surface area contributed by atoms with Gasteiger partial charge in [-0.05, 0) is 24.3 Å². The van der Waals surface area contributed by atoms with E-state index in [1.165, 1.54) is 12.1 Å². The summed E-state index contributed by atoms with van der Waals surface area (Å²) in [5, 5.41) is 22.1. The number of nitro groups is 2. The van der Waals surface area contributed by atoms with Crippen LogP contribution in [0, 0.1) is 20.2 Å². The minimum Gasteiger partial charge on any atom is -0.489 e. The zero-order valence-electron chi connectivity index (χ0n) is 10.6. The van der Waals surface area contributed by atoms with Crippen LogP contribution >= 0.6 is 11.6 Å². The van der Waals surface area contributed by atoms with Gasteiger partial charge in [-0.1, -0.05) is 17.7 Å². The van der Waals surface area contributed by atoms with Gasteiger partial charge in [0.05, 0.1) is 21.5 Å². The van der Waals surface area contributed by atoms with E-state index in [2.05, 4.69) is 0 Å². The molecule has 0 saturated carbocycles. The van der Waals surface area contributed by atoms with Crippen molar-refractivity contribution in [1.82, 2.24) is 0 Å². The van der Waals surface area contributed by atoms with E-state index in [1.807, 2.05) is 0 Å². The average Bonchev–Trinajstić information content (AvgIpc) is 2.44. The Morgan fingerprint density at radius 1 is 1.05 bits per heavy atom. The van der Waals surface area contributed by atoms with Crippen LogP contribution in [0.1, 0.15) is 5.56 Å². The monoisotopic (exact) mass is 308 g/mol. The second-order valence-corrected chi connectivity index (χ2v) is 4.51. The maximum atomic E-state index is 11.0. The molecule has 0 amide bonds. The zero-order valence-corrected chi connectivity index (χ0v) is 11.3. The molecule has 0 aliphatic carbocycles. The number of hydrogen-bond acceptors (Lipinski definition) is 5. The molecule has 7 nitrogen and oxygen atoms in total. The van der Waals surface area contributed by atoms with Crippen molar-refractivity contribution in [1.29, 1.82) is 0 Å². The molecule has 108 valence electrons. The molecule has 0 radical (unpaired) electrons. The number of halogens is 1. The normalized spacial score (nSPS) is 10.1. The van der Waals surface area contributed by atoms with Crippen molar-refractivity contribution in [3.05, 3.63) is 73.3 Å². The second kappa shape index (κ2) is 6.19. The lowest BCUT2D eigenvalue weighted by Crippen LogP contribution is -2.01. The third-order valence-electron chi connectivity index (χ3n) is 2.67. The molecule has 0 spiro atoms. The van der Waals surface area contributed by atoms with Crippen molar-refractivity contribution in [2.75, 3.05) is 0 Å². The molecule has 0 aliphatic rings. The molecule has 21 heavy (non-hydrogen) atoms. The van der Waals surface area contributed by atoms with Gasteiger partial charge in [-0.25, -0.2) is 0 Å². The molecule has 2 aromatic rings. The number of benzene rings is 2. The van der Waals surface area contributed by atoms with Crippen molar-refractivity contribution in [3.8, 4) is 5.75 Å². The van der Waals surface area contributed by atoms with E-state index < -0.39 is 9.85 Å². The summed E-state index contributed by atoms with van der Waals surface area (Å²) in [5.41, 5.74) is -0.454. The summed E-state index contributed by atoms with van der Waals surface area (Å²) >= 11 is 5.80. The van der Waals surface area contributed by atoms with Gasteiger partial charge >= 0.3 is 0 Å². The Labute approximate surface area is 124 Å². The highest BCUT2D eigenvalue weighted by Crippen LogP contribution is 2.26. The number of non-ortho nitro benzene ring substituents is 1. The summed E-state index contributed by atoms with van der Waals surface area (Å²) in [6.45, 7) is -0.0886. The smallest absolute Gasteiger partial charge is 0.282 e. The van der Waals surface area contributed by atoms with Gasteiger partial charge in [0.1, 0.15) is 12.4 Å². The highest BCUT2D eigenvalue weighted by atomic mass is 35.5. The Bertz CT molecular complexity index is 705. The molecule has 0 aromatic heterocycles. The SMILES string of the molecule is O=[N+]([O-])c1ccc(COc2cccc(Cl)c2)c([N+](=O)[O-])c1. The van der Waals surface area contributed by atoms with Crippen LogP contribution in [0.25, 0.3) is 0 Å². The first-order valence-electron chi connectivity index (χ1n) is 5.77. The maximum Gasteiger partial charge on any atom is 0.282 e. The van der Waals surface area contributed by atoms with Crippen LogP contribution in [0.4, 0.5) is 11.4 Å². The van der Waals surface area contributed by atoms with Crippen molar-refractivity contribution in [2.45, 2.75) is 6.61 Å². The topological polar surface area (TPSA) is 95.5 Å². The first kappa shape index (κ1) is 14.7. The third kappa shape index (κ3) is 3.67. The van der Waals surface area contributed by atoms with Crippen LogP contribution in [0.15, 0.2) is 42.5 Å². The molecular weight excluding hydrogens is 300 g/mol. The summed E-state index contributed by atoms with van der Waals surface area (Å²) in [6, 6.07) is 9.99. The van der Waals surface area contributed by atoms with Gasteiger partial charge in [0.25, 0.3) is 11.4 Å². The van der Waals surface area contributed by atoms with E-state index in [9.17, 15) is 20.2 Å². The van der Waals surface area contributed by atoms with E-state index in [0.29, 0.717) is 10.8 Å². The summed E-state index contributed by atoms with van der Waals surface area (Å²) in [7, 11) is 0. The first-order valence-corrected chi connectivity index (χ1v) is 6.15. The van der Waals surface area contributed by atoms with Crippen molar-refractivity contribution < 1.29 is 14.6 Å². The van der Waals surface area contributed by atoms with Gasteiger partial charge in [0.2, 0.25) is 0 Å². The Balaban J connectivity index is 2.23. The Morgan fingerprint density at radius 3 is 2.43 bits per heavy atom. The van der Waals surface area contributed by atoms with Gasteiger partial charge in [0.15, 0.2) is 0 Å². The summed E-state index contributed by atoms with van der Waals surface area (Å²) in [4.78, 5) is 20.2. The minimum absolute atomic E-state index is 0.0886. The van der Waals surface area contributed by atoms with Crippen LogP contribution in [0.2, 0.25) is 5.02 Å². The molecule has 0 atom stereocenters. The number of ether oxygens (including phenoxy) is 1. The predicted octanol–water partition coefficient (Wildman–Crippen LogP) is 3.74. The Hall–Kier alpha value is -2.67. The molecule has 0 fully saturated rings. The molecule has 0 saturated heterocycles. The van der Waals surface area contributed by atoms with E-state index in [0.717, 1.165) is 6.07 Å². The lowest BCUT2D eigenvalue weighted by Gasteiger charge is -2.07. The summed E-state index contributed by atoms with van der Waals surface area (Å²) < 4.78 is 5.41. The van der Waals surface area contributed by atoms with E-state index in [1.54, 1.807) is 24.3 Å². The lowest BCUT2D eigenvalue weighted by molar-refractivity contribution is -0.394. The number of rotatable bonds is 5. The van der Waals surface area contributed by atoms with Crippen LogP contribution in [0.5, 0.6) is 5.75 Å². The van der Waals surface area contributed by atoms with Gasteiger partial charge in [0, 0.05) is 11.1 Å². The van der Waals surface area contributed by atoms with Gasteiger partial charge in [-0.15, -0.1) is 0 Å². The fourth-order valence-electron chi connectivity index (χ4n) is 1.68. The Kier molecular flexibility index (Phi) is 4.34. The van der Waals surface area contributed by atoms with Gasteiger partial charge in [-0.3, -0.25) is 20.2 Å². The van der Waals surface area contributed by atoms with Crippen LogP contribution in [0.3, 0.4) is 0 Å². The minimum atomic E-state index is -0.686. The van der Waals surface area contributed by atoms with Crippen LogP contribution < -0.4 is 4.74 Å². The summed E-state index contributed by atoms with van der Waals surface area (Å²) in [6.07, 6.45) is 0. The maximum absolute atomic E-state index is 11.0. The van der Waals surface area contributed by atoms with E-state index >= 15 is 0 Å².